The van der Waals surface area contributed by atoms with Crippen molar-refractivity contribution in [2.45, 2.75) is 52.9 Å². The zero-order chi connectivity index (χ0) is 12.0. The summed E-state index contributed by atoms with van der Waals surface area (Å²) < 4.78 is 0. The summed E-state index contributed by atoms with van der Waals surface area (Å²) in [5, 5.41) is 9.22. The summed E-state index contributed by atoms with van der Waals surface area (Å²) in [6.07, 6.45) is 6.17. The third kappa shape index (κ3) is 3.88. The minimum atomic E-state index is 0.357. The number of phenols is 1. The Morgan fingerprint density at radius 3 is 2.19 bits per heavy atom. The van der Waals surface area contributed by atoms with Crippen molar-refractivity contribution in [3.63, 3.8) is 0 Å². The van der Waals surface area contributed by atoms with Gasteiger partial charge < -0.3 is 5.11 Å². The van der Waals surface area contributed by atoms with Crippen LogP contribution in [-0.2, 0) is 6.42 Å². The first-order chi connectivity index (χ1) is 7.59. The van der Waals surface area contributed by atoms with Crippen molar-refractivity contribution in [3.8, 4) is 5.75 Å². The Kier molecular flexibility index (Phi) is 4.85. The van der Waals surface area contributed by atoms with Crippen molar-refractivity contribution in [3.05, 3.63) is 29.8 Å². The summed E-state index contributed by atoms with van der Waals surface area (Å²) in [4.78, 5) is 0. The molecule has 0 aromatic heterocycles. The highest BCUT2D eigenvalue weighted by Gasteiger charge is 2.20. The van der Waals surface area contributed by atoms with Gasteiger partial charge in [0.1, 0.15) is 5.75 Å². The first-order valence-corrected chi connectivity index (χ1v) is 6.37. The van der Waals surface area contributed by atoms with Gasteiger partial charge in [-0.25, -0.2) is 0 Å². The molecule has 1 aromatic carbocycles. The van der Waals surface area contributed by atoms with Crippen LogP contribution in [0.4, 0.5) is 0 Å². The normalized spacial score (nSPS) is 14.7. The van der Waals surface area contributed by atoms with Crippen LogP contribution in [0, 0.1) is 5.41 Å². The lowest BCUT2D eigenvalue weighted by molar-refractivity contribution is 0.258. The van der Waals surface area contributed by atoms with Gasteiger partial charge in [-0.05, 0) is 42.4 Å². The van der Waals surface area contributed by atoms with Gasteiger partial charge in [-0.2, -0.15) is 0 Å². The first-order valence-electron chi connectivity index (χ1n) is 6.37. The average Bonchev–Trinajstić information content (AvgIpc) is 2.29. The van der Waals surface area contributed by atoms with E-state index in [1.165, 1.54) is 31.2 Å². The summed E-state index contributed by atoms with van der Waals surface area (Å²) in [6, 6.07) is 7.60. The van der Waals surface area contributed by atoms with Gasteiger partial charge in [0.2, 0.25) is 0 Å². The minimum Gasteiger partial charge on any atom is -0.508 e. The fraction of sp³-hybridized carbons (Fsp3) is 0.600. The molecule has 0 bridgehead atoms. The summed E-state index contributed by atoms with van der Waals surface area (Å²) in [5.74, 6) is 0.357. The molecule has 0 aliphatic rings. The molecule has 0 aliphatic heterocycles. The van der Waals surface area contributed by atoms with Crippen molar-refractivity contribution in [1.29, 1.82) is 0 Å². The lowest BCUT2D eigenvalue weighted by Gasteiger charge is -2.27. The number of hydrogen-bond donors (Lipinski definition) is 1. The Labute approximate surface area is 99.5 Å². The highest BCUT2D eigenvalue weighted by Crippen LogP contribution is 2.32. The van der Waals surface area contributed by atoms with Gasteiger partial charge in [0.25, 0.3) is 0 Å². The largest absolute Gasteiger partial charge is 0.508 e. The first kappa shape index (κ1) is 13.1. The van der Waals surface area contributed by atoms with Crippen molar-refractivity contribution in [1.82, 2.24) is 0 Å². The molecule has 1 nitrogen and oxygen atoms in total. The summed E-state index contributed by atoms with van der Waals surface area (Å²) in [5.41, 5.74) is 1.81. The van der Waals surface area contributed by atoms with E-state index in [1.54, 1.807) is 12.1 Å². The highest BCUT2D eigenvalue weighted by molar-refractivity contribution is 5.25. The maximum absolute atomic E-state index is 9.22. The van der Waals surface area contributed by atoms with Crippen LogP contribution < -0.4 is 0 Å². The van der Waals surface area contributed by atoms with Crippen LogP contribution in [0.1, 0.15) is 52.0 Å². The van der Waals surface area contributed by atoms with E-state index in [1.807, 2.05) is 12.1 Å². The molecule has 1 N–H and O–H groups in total. The van der Waals surface area contributed by atoms with Gasteiger partial charge in [0, 0.05) is 0 Å². The molecule has 16 heavy (non-hydrogen) atoms. The lowest BCUT2D eigenvalue weighted by atomic mass is 9.78. The Morgan fingerprint density at radius 2 is 1.69 bits per heavy atom. The van der Waals surface area contributed by atoms with E-state index >= 15 is 0 Å². The molecule has 1 heteroatoms. The van der Waals surface area contributed by atoms with E-state index in [0.29, 0.717) is 11.2 Å². The Hall–Kier alpha value is -0.980. The molecule has 0 saturated carbocycles. The van der Waals surface area contributed by atoms with E-state index in [0.717, 1.165) is 6.42 Å². The maximum Gasteiger partial charge on any atom is 0.115 e. The van der Waals surface area contributed by atoms with Gasteiger partial charge in [0.05, 0.1) is 0 Å². The molecule has 90 valence electrons. The third-order valence-corrected chi connectivity index (χ3v) is 3.66. The SMILES string of the molecule is CCCC(C)(CC)CCc1ccc(O)cc1. The van der Waals surface area contributed by atoms with Crippen LogP contribution in [0.2, 0.25) is 0 Å². The number of benzene rings is 1. The number of phenolic OH excluding ortho intramolecular Hbond substituents is 1. The number of aryl methyl sites for hydroxylation is 1. The quantitative estimate of drug-likeness (QED) is 0.746. The molecule has 0 heterocycles. The molecule has 0 radical (unpaired) electrons. The Bertz CT molecular complexity index is 302. The van der Waals surface area contributed by atoms with Crippen LogP contribution in [0.25, 0.3) is 0 Å². The molecule has 0 spiro atoms. The summed E-state index contributed by atoms with van der Waals surface area (Å²) >= 11 is 0. The van der Waals surface area contributed by atoms with E-state index in [4.69, 9.17) is 0 Å². The second-order valence-electron chi connectivity index (χ2n) is 5.08. The van der Waals surface area contributed by atoms with Crippen molar-refractivity contribution < 1.29 is 5.11 Å². The molecule has 1 aromatic rings. The van der Waals surface area contributed by atoms with E-state index < -0.39 is 0 Å². The minimum absolute atomic E-state index is 0.357. The zero-order valence-electron chi connectivity index (χ0n) is 10.8. The van der Waals surface area contributed by atoms with E-state index in [9.17, 15) is 5.11 Å². The molecule has 0 amide bonds. The molecule has 0 saturated heterocycles. The highest BCUT2D eigenvalue weighted by atomic mass is 16.3. The van der Waals surface area contributed by atoms with Gasteiger partial charge in [-0.3, -0.25) is 0 Å². The standard InChI is InChI=1S/C15H24O/c1-4-11-15(3,5-2)12-10-13-6-8-14(16)9-7-13/h6-9,16H,4-5,10-12H2,1-3H3. The van der Waals surface area contributed by atoms with Crippen LogP contribution >= 0.6 is 0 Å². The van der Waals surface area contributed by atoms with Crippen LogP contribution in [0.15, 0.2) is 24.3 Å². The third-order valence-electron chi connectivity index (χ3n) is 3.66. The molecule has 1 rings (SSSR count). The van der Waals surface area contributed by atoms with Gasteiger partial charge in [0.15, 0.2) is 0 Å². The fourth-order valence-electron chi connectivity index (χ4n) is 2.19. The molecule has 1 unspecified atom stereocenters. The Balaban J connectivity index is 2.52. The van der Waals surface area contributed by atoms with Crippen molar-refractivity contribution in [2.24, 2.45) is 5.41 Å². The van der Waals surface area contributed by atoms with Gasteiger partial charge in [-0.1, -0.05) is 45.7 Å². The maximum atomic E-state index is 9.22. The second kappa shape index (κ2) is 5.93. The lowest BCUT2D eigenvalue weighted by Crippen LogP contribution is -2.15. The molecule has 1 atom stereocenters. The zero-order valence-corrected chi connectivity index (χ0v) is 10.8. The van der Waals surface area contributed by atoms with E-state index in [-0.39, 0.29) is 0 Å². The summed E-state index contributed by atoms with van der Waals surface area (Å²) in [6.45, 7) is 6.93. The molecular formula is C15H24O. The number of rotatable bonds is 6. The molecule has 0 aliphatic carbocycles. The van der Waals surface area contributed by atoms with Gasteiger partial charge >= 0.3 is 0 Å². The van der Waals surface area contributed by atoms with Gasteiger partial charge in [-0.15, -0.1) is 0 Å². The topological polar surface area (TPSA) is 20.2 Å². The van der Waals surface area contributed by atoms with Crippen LogP contribution in [0.5, 0.6) is 5.75 Å². The fourth-order valence-corrected chi connectivity index (χ4v) is 2.19. The van der Waals surface area contributed by atoms with Crippen LogP contribution in [0.3, 0.4) is 0 Å². The smallest absolute Gasteiger partial charge is 0.115 e. The Morgan fingerprint density at radius 1 is 1.06 bits per heavy atom. The number of hydrogen-bond acceptors (Lipinski definition) is 1. The molecule has 0 fully saturated rings. The van der Waals surface area contributed by atoms with Crippen molar-refractivity contribution >= 4 is 0 Å². The van der Waals surface area contributed by atoms with E-state index in [2.05, 4.69) is 20.8 Å². The average molecular weight is 220 g/mol. The number of aromatic hydroxyl groups is 1. The second-order valence-corrected chi connectivity index (χ2v) is 5.08. The monoisotopic (exact) mass is 220 g/mol. The predicted molar refractivity (Wildman–Crippen MR) is 69.7 cm³/mol. The summed E-state index contributed by atoms with van der Waals surface area (Å²) in [7, 11) is 0. The van der Waals surface area contributed by atoms with Crippen LogP contribution in [-0.4, -0.2) is 5.11 Å². The van der Waals surface area contributed by atoms with Crippen molar-refractivity contribution in [2.75, 3.05) is 0 Å². The molecular weight excluding hydrogens is 196 g/mol. The predicted octanol–water partition coefficient (Wildman–Crippen LogP) is 4.54.